The van der Waals surface area contributed by atoms with E-state index in [-0.39, 0.29) is 0 Å². The Morgan fingerprint density at radius 2 is 1.94 bits per heavy atom. The lowest BCUT2D eigenvalue weighted by molar-refractivity contribution is -0.146. The topological polar surface area (TPSA) is 80.9 Å². The minimum atomic E-state index is -1.08. The predicted octanol–water partition coefficient (Wildman–Crippen LogP) is 1.40. The van der Waals surface area contributed by atoms with Crippen LogP contribution in [0.5, 0.6) is 0 Å². The maximum Gasteiger partial charge on any atom is 0.331 e. The molecule has 2 fully saturated rings. The summed E-state index contributed by atoms with van der Waals surface area (Å²) in [7, 11) is 0. The molecular formula is C12H18N4O2. The lowest BCUT2D eigenvalue weighted by atomic mass is 10.0. The van der Waals surface area contributed by atoms with Gasteiger partial charge in [-0.3, -0.25) is 0 Å². The van der Waals surface area contributed by atoms with Crippen molar-refractivity contribution in [3.63, 3.8) is 0 Å². The molecule has 2 aliphatic carbocycles. The number of aliphatic carboxylic acids is 1. The zero-order valence-electron chi connectivity index (χ0n) is 10.7. The Morgan fingerprint density at radius 3 is 2.50 bits per heavy atom. The summed E-state index contributed by atoms with van der Waals surface area (Å²) < 4.78 is 1.50. The number of hydrogen-bond acceptors (Lipinski definition) is 4. The second kappa shape index (κ2) is 3.76. The zero-order valence-corrected chi connectivity index (χ0v) is 10.7. The van der Waals surface area contributed by atoms with Gasteiger partial charge in [-0.05, 0) is 49.0 Å². The second-order valence-electron chi connectivity index (χ2n) is 5.95. The van der Waals surface area contributed by atoms with Gasteiger partial charge in [0, 0.05) is 5.92 Å². The highest BCUT2D eigenvalue weighted by Crippen LogP contribution is 2.60. The molecule has 3 rings (SSSR count). The summed E-state index contributed by atoms with van der Waals surface area (Å²) in [4.78, 5) is 11.3. The highest BCUT2D eigenvalue weighted by molar-refractivity contribution is 5.75. The third-order valence-electron chi connectivity index (χ3n) is 4.50. The first-order chi connectivity index (χ1) is 8.53. The number of tetrazole rings is 1. The minimum absolute atomic E-state index is 0.376. The Bertz CT molecular complexity index is 470. The molecule has 98 valence electrons. The Labute approximate surface area is 105 Å². The fourth-order valence-corrected chi connectivity index (χ4v) is 3.27. The van der Waals surface area contributed by atoms with Crippen LogP contribution in [0.4, 0.5) is 0 Å². The third kappa shape index (κ3) is 1.54. The molecule has 6 nitrogen and oxygen atoms in total. The molecule has 0 saturated heterocycles. The molecule has 2 saturated carbocycles. The molecule has 0 aromatic carbocycles. The number of nitrogens with zero attached hydrogens (tertiary/aromatic N) is 4. The van der Waals surface area contributed by atoms with Gasteiger partial charge in [0.1, 0.15) is 0 Å². The number of fused-ring (bicyclic) bond motifs is 1. The van der Waals surface area contributed by atoms with Gasteiger partial charge in [0.25, 0.3) is 0 Å². The molecular weight excluding hydrogens is 232 g/mol. The smallest absolute Gasteiger partial charge is 0.331 e. The quantitative estimate of drug-likeness (QED) is 0.876. The Balaban J connectivity index is 1.91. The molecule has 6 heteroatoms. The fourth-order valence-electron chi connectivity index (χ4n) is 3.27. The van der Waals surface area contributed by atoms with Crippen molar-refractivity contribution in [3.05, 3.63) is 5.82 Å². The summed E-state index contributed by atoms with van der Waals surface area (Å²) in [5.74, 6) is 1.58. The second-order valence-corrected chi connectivity index (χ2v) is 5.95. The van der Waals surface area contributed by atoms with Crippen molar-refractivity contribution in [3.8, 4) is 0 Å². The van der Waals surface area contributed by atoms with Gasteiger partial charge in [-0.2, -0.15) is 0 Å². The lowest BCUT2D eigenvalue weighted by Crippen LogP contribution is -2.38. The molecule has 0 amide bonds. The number of carboxylic acid groups (broad SMARTS) is 1. The number of hydrogen-bond donors (Lipinski definition) is 1. The van der Waals surface area contributed by atoms with Crippen molar-refractivity contribution in [1.82, 2.24) is 20.2 Å². The van der Waals surface area contributed by atoms with Gasteiger partial charge >= 0.3 is 5.97 Å². The number of rotatable bonds is 3. The summed E-state index contributed by atoms with van der Waals surface area (Å²) in [6, 6.07) is 0. The highest BCUT2D eigenvalue weighted by Gasteiger charge is 2.55. The average Bonchev–Trinajstić information content (AvgIpc) is 2.84. The van der Waals surface area contributed by atoms with Crippen LogP contribution < -0.4 is 0 Å². The van der Waals surface area contributed by atoms with Gasteiger partial charge in [0.2, 0.25) is 0 Å². The van der Waals surface area contributed by atoms with Gasteiger partial charge in [0.05, 0.1) is 0 Å². The van der Waals surface area contributed by atoms with E-state index < -0.39 is 11.5 Å². The minimum Gasteiger partial charge on any atom is -0.479 e. The van der Waals surface area contributed by atoms with Gasteiger partial charge in [-0.1, -0.05) is 12.8 Å². The first kappa shape index (κ1) is 11.6. The molecule has 2 unspecified atom stereocenters. The SMILES string of the molecule is CC(C)(C(=O)O)n1nnnc1C1C2CCCCC21. The Morgan fingerprint density at radius 1 is 1.33 bits per heavy atom. The normalized spacial score (nSPS) is 30.9. The van der Waals surface area contributed by atoms with E-state index in [9.17, 15) is 9.90 Å². The number of carbonyl (C=O) groups is 1. The van der Waals surface area contributed by atoms with E-state index in [4.69, 9.17) is 0 Å². The van der Waals surface area contributed by atoms with Crippen molar-refractivity contribution in [2.75, 3.05) is 0 Å². The largest absolute Gasteiger partial charge is 0.479 e. The number of aromatic nitrogens is 4. The lowest BCUT2D eigenvalue weighted by Gasteiger charge is -2.20. The molecule has 1 aromatic heterocycles. The molecule has 1 aromatic rings. The molecule has 18 heavy (non-hydrogen) atoms. The van der Waals surface area contributed by atoms with Crippen LogP contribution >= 0.6 is 0 Å². The van der Waals surface area contributed by atoms with Crippen molar-refractivity contribution in [2.24, 2.45) is 11.8 Å². The molecule has 1 heterocycles. The molecule has 2 atom stereocenters. The first-order valence-corrected chi connectivity index (χ1v) is 6.55. The van der Waals surface area contributed by atoms with Crippen LogP contribution in [-0.4, -0.2) is 31.3 Å². The third-order valence-corrected chi connectivity index (χ3v) is 4.50. The van der Waals surface area contributed by atoms with E-state index >= 15 is 0 Å². The van der Waals surface area contributed by atoms with E-state index in [1.165, 1.54) is 30.4 Å². The maximum atomic E-state index is 11.3. The van der Waals surface area contributed by atoms with E-state index in [0.717, 1.165) is 5.82 Å². The highest BCUT2D eigenvalue weighted by atomic mass is 16.4. The summed E-state index contributed by atoms with van der Waals surface area (Å²) in [5.41, 5.74) is -1.08. The van der Waals surface area contributed by atoms with Crippen LogP contribution in [0.1, 0.15) is 51.3 Å². The van der Waals surface area contributed by atoms with E-state index in [0.29, 0.717) is 17.8 Å². The Kier molecular flexibility index (Phi) is 2.43. The average molecular weight is 250 g/mol. The summed E-state index contributed by atoms with van der Waals surface area (Å²) in [6.07, 6.45) is 5.02. The summed E-state index contributed by atoms with van der Waals surface area (Å²) >= 11 is 0. The fraction of sp³-hybridized carbons (Fsp3) is 0.833. The monoisotopic (exact) mass is 250 g/mol. The van der Waals surface area contributed by atoms with E-state index in [1.807, 2.05) is 0 Å². The number of carboxylic acids is 1. The van der Waals surface area contributed by atoms with Gasteiger partial charge in [0.15, 0.2) is 11.4 Å². The zero-order chi connectivity index (χ0) is 12.9. The van der Waals surface area contributed by atoms with Crippen molar-refractivity contribution >= 4 is 5.97 Å². The van der Waals surface area contributed by atoms with E-state index in [1.54, 1.807) is 13.8 Å². The molecule has 0 spiro atoms. The van der Waals surface area contributed by atoms with Crippen molar-refractivity contribution in [1.29, 1.82) is 0 Å². The molecule has 0 radical (unpaired) electrons. The van der Waals surface area contributed by atoms with Crippen LogP contribution in [0, 0.1) is 11.8 Å². The summed E-state index contributed by atoms with van der Waals surface area (Å²) in [6.45, 7) is 3.28. The molecule has 1 N–H and O–H groups in total. The van der Waals surface area contributed by atoms with Gasteiger partial charge in [-0.25, -0.2) is 9.48 Å². The Hall–Kier alpha value is -1.46. The van der Waals surface area contributed by atoms with Crippen LogP contribution in [0.15, 0.2) is 0 Å². The van der Waals surface area contributed by atoms with Crippen LogP contribution in [0.25, 0.3) is 0 Å². The molecule has 0 aliphatic heterocycles. The maximum absolute atomic E-state index is 11.3. The predicted molar refractivity (Wildman–Crippen MR) is 63.0 cm³/mol. The van der Waals surface area contributed by atoms with E-state index in [2.05, 4.69) is 15.5 Å². The van der Waals surface area contributed by atoms with Crippen LogP contribution in [-0.2, 0) is 10.3 Å². The van der Waals surface area contributed by atoms with Gasteiger partial charge in [-0.15, -0.1) is 5.10 Å². The van der Waals surface area contributed by atoms with Gasteiger partial charge < -0.3 is 5.11 Å². The van der Waals surface area contributed by atoms with Crippen molar-refractivity contribution in [2.45, 2.75) is 51.0 Å². The summed E-state index contributed by atoms with van der Waals surface area (Å²) in [5, 5.41) is 21.0. The van der Waals surface area contributed by atoms with Crippen molar-refractivity contribution < 1.29 is 9.90 Å². The van der Waals surface area contributed by atoms with Crippen LogP contribution in [0.3, 0.4) is 0 Å². The standard InChI is InChI=1S/C12H18N4O2/c1-12(2,11(17)18)16-10(13-14-15-16)9-7-5-3-4-6-8(7)9/h7-9H,3-6H2,1-2H3,(H,17,18). The van der Waals surface area contributed by atoms with Crippen LogP contribution in [0.2, 0.25) is 0 Å². The first-order valence-electron chi connectivity index (χ1n) is 6.55. The molecule has 0 bridgehead atoms. The molecule has 2 aliphatic rings.